The molecular weight excluding hydrogens is 314 g/mol. The number of rotatable bonds is 6. The molecule has 0 fully saturated rings. The minimum absolute atomic E-state index is 0.374. The number of hydrogen-bond acceptors (Lipinski definition) is 3. The summed E-state index contributed by atoms with van der Waals surface area (Å²) < 4.78 is 7.65. The van der Waals surface area contributed by atoms with Crippen LogP contribution in [0, 0.1) is 0 Å². The Morgan fingerprint density at radius 2 is 1.92 bits per heavy atom. The maximum absolute atomic E-state index is 5.96. The van der Waals surface area contributed by atoms with Gasteiger partial charge in [-0.25, -0.2) is 0 Å². The molecule has 0 saturated carbocycles. The van der Waals surface area contributed by atoms with Crippen molar-refractivity contribution in [2.75, 3.05) is 11.9 Å². The van der Waals surface area contributed by atoms with Gasteiger partial charge in [-0.05, 0) is 30.3 Å². The van der Waals surface area contributed by atoms with Crippen LogP contribution in [0.3, 0.4) is 0 Å². The molecule has 0 amide bonds. The summed E-state index contributed by atoms with van der Waals surface area (Å²) in [6.45, 7) is 0.596. The van der Waals surface area contributed by atoms with Crippen molar-refractivity contribution < 1.29 is 4.74 Å². The average Bonchev–Trinajstić information content (AvgIpc) is 3.01. The van der Waals surface area contributed by atoms with Gasteiger partial charge in [-0.3, -0.25) is 9.67 Å². The predicted octanol–water partition coefficient (Wildman–Crippen LogP) is 3.18. The molecule has 3 N–H and O–H groups in total. The fourth-order valence-corrected chi connectivity index (χ4v) is 2.39. The van der Waals surface area contributed by atoms with Gasteiger partial charge in [0, 0.05) is 43.7 Å². The zero-order valence-corrected chi connectivity index (χ0v) is 14.1. The van der Waals surface area contributed by atoms with E-state index in [1.165, 1.54) is 0 Å². The van der Waals surface area contributed by atoms with Crippen LogP contribution in [0.15, 0.2) is 71.9 Å². The number of nitrogens with one attached hydrogen (secondary N) is 1. The predicted molar refractivity (Wildman–Crippen MR) is 100.0 cm³/mol. The molecule has 25 heavy (non-hydrogen) atoms. The SMILES string of the molecule is Cn1nccc1CCN=C(N)Nc1cccc(Oc2ccccc2)c1. The highest BCUT2D eigenvalue weighted by atomic mass is 16.5. The van der Waals surface area contributed by atoms with Crippen LogP contribution in [0.4, 0.5) is 5.69 Å². The molecule has 0 aliphatic rings. The lowest BCUT2D eigenvalue weighted by molar-refractivity contribution is 0.483. The molecule has 0 aliphatic carbocycles. The van der Waals surface area contributed by atoms with Crippen LogP contribution in [-0.2, 0) is 13.5 Å². The summed E-state index contributed by atoms with van der Waals surface area (Å²) in [7, 11) is 1.92. The largest absolute Gasteiger partial charge is 0.457 e. The second-order valence-electron chi connectivity index (χ2n) is 5.53. The molecule has 0 saturated heterocycles. The first-order valence-corrected chi connectivity index (χ1v) is 8.07. The van der Waals surface area contributed by atoms with Crippen molar-refractivity contribution in [2.24, 2.45) is 17.8 Å². The number of nitrogens with zero attached hydrogens (tertiary/aromatic N) is 3. The van der Waals surface area contributed by atoms with Gasteiger partial charge in [0.2, 0.25) is 0 Å². The molecule has 1 aromatic heterocycles. The monoisotopic (exact) mass is 335 g/mol. The lowest BCUT2D eigenvalue weighted by atomic mass is 10.3. The third-order valence-corrected chi connectivity index (χ3v) is 3.66. The number of ether oxygens (including phenoxy) is 1. The molecule has 128 valence electrons. The molecule has 0 unspecified atom stereocenters. The fourth-order valence-electron chi connectivity index (χ4n) is 2.39. The third kappa shape index (κ3) is 4.84. The molecule has 3 rings (SSSR count). The number of aliphatic imine (C=N–C) groups is 1. The van der Waals surface area contributed by atoms with Crippen LogP contribution in [0.5, 0.6) is 11.5 Å². The number of aryl methyl sites for hydroxylation is 1. The maximum Gasteiger partial charge on any atom is 0.193 e. The standard InChI is InChI=1S/C19H21N5O/c1-24-16(11-13-22-24)10-12-21-19(20)23-15-6-5-9-18(14-15)25-17-7-3-2-4-8-17/h2-9,11,13-14H,10,12H2,1H3,(H3,20,21,23). The Kier molecular flexibility index (Phi) is 5.31. The smallest absolute Gasteiger partial charge is 0.193 e. The summed E-state index contributed by atoms with van der Waals surface area (Å²) in [4.78, 5) is 4.35. The summed E-state index contributed by atoms with van der Waals surface area (Å²) >= 11 is 0. The highest BCUT2D eigenvalue weighted by Crippen LogP contribution is 2.23. The number of guanidine groups is 1. The van der Waals surface area contributed by atoms with Crippen molar-refractivity contribution in [1.29, 1.82) is 0 Å². The molecule has 1 heterocycles. The van der Waals surface area contributed by atoms with Crippen molar-refractivity contribution in [1.82, 2.24) is 9.78 Å². The first-order chi connectivity index (χ1) is 12.2. The van der Waals surface area contributed by atoms with Crippen LogP contribution in [-0.4, -0.2) is 22.3 Å². The number of anilines is 1. The summed E-state index contributed by atoms with van der Waals surface area (Å²) in [6.07, 6.45) is 2.56. The van der Waals surface area contributed by atoms with Crippen molar-refractivity contribution >= 4 is 11.6 Å². The Morgan fingerprint density at radius 3 is 2.68 bits per heavy atom. The Labute approximate surface area is 147 Å². The van der Waals surface area contributed by atoms with E-state index in [0.717, 1.165) is 29.3 Å². The molecule has 0 radical (unpaired) electrons. The van der Waals surface area contributed by atoms with E-state index in [1.807, 2.05) is 72.4 Å². The molecule has 0 aliphatic heterocycles. The van der Waals surface area contributed by atoms with Crippen LogP contribution in [0.2, 0.25) is 0 Å². The van der Waals surface area contributed by atoms with Gasteiger partial charge in [0.25, 0.3) is 0 Å². The number of aromatic nitrogens is 2. The first-order valence-electron chi connectivity index (χ1n) is 8.07. The van der Waals surface area contributed by atoms with Crippen molar-refractivity contribution in [3.05, 3.63) is 72.6 Å². The van der Waals surface area contributed by atoms with E-state index in [1.54, 1.807) is 6.20 Å². The minimum atomic E-state index is 0.374. The second kappa shape index (κ2) is 8.01. The summed E-state index contributed by atoms with van der Waals surface area (Å²) in [5, 5.41) is 7.22. The lowest BCUT2D eigenvalue weighted by Gasteiger charge is -2.09. The summed E-state index contributed by atoms with van der Waals surface area (Å²) in [5.41, 5.74) is 7.91. The van der Waals surface area contributed by atoms with Crippen molar-refractivity contribution in [3.8, 4) is 11.5 Å². The molecule has 3 aromatic rings. The van der Waals surface area contributed by atoms with Gasteiger partial charge in [-0.15, -0.1) is 0 Å². The quantitative estimate of drug-likeness (QED) is 0.536. The topological polar surface area (TPSA) is 77.5 Å². The first kappa shape index (κ1) is 16.6. The Bertz CT molecular complexity index is 842. The fraction of sp³-hybridized carbons (Fsp3) is 0.158. The second-order valence-corrected chi connectivity index (χ2v) is 5.53. The van der Waals surface area contributed by atoms with Crippen LogP contribution in [0.25, 0.3) is 0 Å². The number of nitrogens with two attached hydrogens (primary N) is 1. The van der Waals surface area contributed by atoms with Crippen LogP contribution in [0.1, 0.15) is 5.69 Å². The van der Waals surface area contributed by atoms with Gasteiger partial charge in [0.05, 0.1) is 0 Å². The van der Waals surface area contributed by atoms with E-state index in [9.17, 15) is 0 Å². The molecule has 6 heteroatoms. The van der Waals surface area contributed by atoms with E-state index in [-0.39, 0.29) is 0 Å². The highest BCUT2D eigenvalue weighted by Gasteiger charge is 2.01. The summed E-state index contributed by atoms with van der Waals surface area (Å²) in [6, 6.07) is 19.2. The van der Waals surface area contributed by atoms with Gasteiger partial charge in [0.15, 0.2) is 5.96 Å². The highest BCUT2D eigenvalue weighted by molar-refractivity contribution is 5.92. The zero-order chi connectivity index (χ0) is 17.5. The zero-order valence-electron chi connectivity index (χ0n) is 14.1. The maximum atomic E-state index is 5.96. The van der Waals surface area contributed by atoms with E-state index < -0.39 is 0 Å². The Morgan fingerprint density at radius 1 is 1.12 bits per heavy atom. The van der Waals surface area contributed by atoms with Gasteiger partial charge < -0.3 is 15.8 Å². The average molecular weight is 335 g/mol. The van der Waals surface area contributed by atoms with Crippen molar-refractivity contribution in [2.45, 2.75) is 6.42 Å². The Balaban J connectivity index is 1.57. The molecule has 0 bridgehead atoms. The molecule has 0 spiro atoms. The number of para-hydroxylation sites is 1. The van der Waals surface area contributed by atoms with Crippen LogP contribution >= 0.6 is 0 Å². The van der Waals surface area contributed by atoms with Gasteiger partial charge in [-0.1, -0.05) is 24.3 Å². The van der Waals surface area contributed by atoms with Crippen molar-refractivity contribution in [3.63, 3.8) is 0 Å². The molecule has 0 atom stereocenters. The summed E-state index contributed by atoms with van der Waals surface area (Å²) in [5.74, 6) is 1.90. The van der Waals surface area contributed by atoms with Gasteiger partial charge in [-0.2, -0.15) is 5.10 Å². The lowest BCUT2D eigenvalue weighted by Crippen LogP contribution is -2.23. The van der Waals surface area contributed by atoms with Crippen LogP contribution < -0.4 is 15.8 Å². The van der Waals surface area contributed by atoms with Gasteiger partial charge >= 0.3 is 0 Å². The number of benzene rings is 2. The molecule has 2 aromatic carbocycles. The molecular formula is C19H21N5O. The minimum Gasteiger partial charge on any atom is -0.457 e. The third-order valence-electron chi connectivity index (χ3n) is 3.66. The molecule has 6 nitrogen and oxygen atoms in total. The Hall–Kier alpha value is -3.28. The van der Waals surface area contributed by atoms with E-state index in [2.05, 4.69) is 15.4 Å². The van der Waals surface area contributed by atoms with E-state index in [4.69, 9.17) is 10.5 Å². The van der Waals surface area contributed by atoms with E-state index >= 15 is 0 Å². The van der Waals surface area contributed by atoms with Gasteiger partial charge in [0.1, 0.15) is 11.5 Å². The number of hydrogen-bond donors (Lipinski definition) is 2. The normalized spacial score (nSPS) is 11.3. The van der Waals surface area contributed by atoms with E-state index in [0.29, 0.717) is 12.5 Å².